The fourth-order valence-corrected chi connectivity index (χ4v) is 10.9. The van der Waals surface area contributed by atoms with Gasteiger partial charge in [-0.15, -0.1) is 0 Å². The van der Waals surface area contributed by atoms with Crippen molar-refractivity contribution >= 4 is 92.2 Å². The molecule has 0 aliphatic carbocycles. The molecule has 8 aromatic carbocycles. The van der Waals surface area contributed by atoms with E-state index in [0.29, 0.717) is 0 Å². The lowest BCUT2D eigenvalue weighted by Gasteiger charge is -2.41. The molecule has 0 saturated heterocycles. The van der Waals surface area contributed by atoms with Gasteiger partial charge in [0.15, 0.2) is 0 Å². The molecule has 8 nitrogen and oxygen atoms in total. The van der Waals surface area contributed by atoms with Gasteiger partial charge < -0.3 is 9.62 Å². The zero-order valence-corrected chi connectivity index (χ0v) is 32.6. The zero-order chi connectivity index (χ0) is 39.5. The minimum Gasteiger partial charge on any atom is -0.346 e. The van der Waals surface area contributed by atoms with E-state index in [2.05, 4.69) is 205 Å². The van der Waals surface area contributed by atoms with E-state index >= 15 is 0 Å². The van der Waals surface area contributed by atoms with E-state index in [0.717, 1.165) is 79.1 Å². The molecule has 0 fully saturated rings. The molecule has 10 heteroatoms. The third-order valence-corrected chi connectivity index (χ3v) is 13.4. The molecule has 280 valence electrons. The lowest BCUT2D eigenvalue weighted by Crippen LogP contribution is -2.62. The van der Waals surface area contributed by atoms with Gasteiger partial charge in [0.05, 0.1) is 33.1 Å². The summed E-state index contributed by atoms with van der Waals surface area (Å²) in [5.41, 5.74) is 20.4. The second-order valence-corrected chi connectivity index (χ2v) is 16.5. The van der Waals surface area contributed by atoms with Crippen LogP contribution in [0, 0.1) is 0 Å². The molecule has 4 aliphatic rings. The topological polar surface area (TPSA) is 59.9 Å². The maximum absolute atomic E-state index is 5.43. The standard InChI is InChI=1S/C51H30B2N8/c1-3-15-35-33(13-1)34-14-2-8-20-42(34)60-49-55-40-27-25-31(29-47(40)58(49)44-22-10-4-16-36(44)52(35)60)32-26-28-41-48(30-32)59-45-23-11-6-18-38(45)53-37-17-5-9-21-43(37)57-46-24-12-7-19-39(46)54-50(57)61(53)51(59)56-41/h1-30H. The summed E-state index contributed by atoms with van der Waals surface area (Å²) in [7, 11) is 0. The summed E-state index contributed by atoms with van der Waals surface area (Å²) in [6.45, 7) is -0.0763. The van der Waals surface area contributed by atoms with E-state index < -0.39 is 0 Å². The quantitative estimate of drug-likeness (QED) is 0.158. The number of fused-ring (bicyclic) bond motifs is 28. The van der Waals surface area contributed by atoms with Crippen LogP contribution in [0.25, 0.3) is 72.4 Å². The third-order valence-electron chi connectivity index (χ3n) is 13.4. The van der Waals surface area contributed by atoms with Crippen molar-refractivity contribution in [3.8, 4) is 39.3 Å². The minimum absolute atomic E-state index is 0.00818. The smallest absolute Gasteiger partial charge is 0.339 e. The molecule has 0 radical (unpaired) electrons. The Morgan fingerprint density at radius 1 is 0.311 bits per heavy atom. The summed E-state index contributed by atoms with van der Waals surface area (Å²) in [4.78, 5) is 20.9. The van der Waals surface area contributed by atoms with Crippen LogP contribution in [0.15, 0.2) is 182 Å². The number of hydrogen-bond donors (Lipinski definition) is 0. The SMILES string of the molecule is c1ccc2c(c1)B1c3ccccc3-n3c(nc4ccc(-c5ccc6nc7n(c6c5)-c5ccccc5B5c6ccccc6-n6c(nc8ccccc86)N57)cc43)N1c1ccccc1-2. The van der Waals surface area contributed by atoms with Crippen LogP contribution in [0.2, 0.25) is 0 Å². The number of rotatable bonds is 1. The monoisotopic (exact) mass is 776 g/mol. The summed E-state index contributed by atoms with van der Waals surface area (Å²) in [5.74, 6) is 2.66. The van der Waals surface area contributed by atoms with Crippen molar-refractivity contribution in [3.05, 3.63) is 182 Å². The molecule has 0 unspecified atom stereocenters. The van der Waals surface area contributed by atoms with Gasteiger partial charge in [0, 0.05) is 28.3 Å². The van der Waals surface area contributed by atoms with Crippen molar-refractivity contribution in [2.75, 3.05) is 9.62 Å². The molecule has 7 heterocycles. The summed E-state index contributed by atoms with van der Waals surface area (Å²) in [6, 6.07) is 65.7. The summed E-state index contributed by atoms with van der Waals surface area (Å²) >= 11 is 0. The van der Waals surface area contributed by atoms with E-state index in [1.165, 1.54) is 38.7 Å². The molecule has 11 aromatic rings. The van der Waals surface area contributed by atoms with Gasteiger partial charge in [0.25, 0.3) is 0 Å². The number of aromatic nitrogens is 6. The molecule has 0 spiro atoms. The first-order valence-electron chi connectivity index (χ1n) is 20.9. The Bertz CT molecular complexity index is 3730. The fourth-order valence-electron chi connectivity index (χ4n) is 10.9. The first kappa shape index (κ1) is 31.8. The second-order valence-electron chi connectivity index (χ2n) is 16.5. The first-order valence-corrected chi connectivity index (χ1v) is 20.9. The molecule has 4 aliphatic heterocycles. The maximum atomic E-state index is 5.43. The molecule has 0 saturated carbocycles. The van der Waals surface area contributed by atoms with Crippen LogP contribution >= 0.6 is 0 Å². The molecule has 0 N–H and O–H groups in total. The van der Waals surface area contributed by atoms with Crippen molar-refractivity contribution in [1.29, 1.82) is 0 Å². The average molecular weight is 776 g/mol. The molecule has 0 amide bonds. The number of imidazole rings is 3. The summed E-state index contributed by atoms with van der Waals surface area (Å²) in [6.07, 6.45) is 0. The van der Waals surface area contributed by atoms with Gasteiger partial charge in [-0.1, -0.05) is 121 Å². The van der Waals surface area contributed by atoms with E-state index in [1.807, 2.05) is 0 Å². The number of nitrogens with zero attached hydrogens (tertiary/aromatic N) is 8. The van der Waals surface area contributed by atoms with E-state index in [1.54, 1.807) is 0 Å². The predicted octanol–water partition coefficient (Wildman–Crippen LogP) is 8.18. The average Bonchev–Trinajstić information content (AvgIpc) is 4.03. The third kappa shape index (κ3) is 3.99. The zero-order valence-electron chi connectivity index (χ0n) is 32.6. The minimum atomic E-state index is -0.0845. The molecule has 0 bridgehead atoms. The Morgan fingerprint density at radius 2 is 0.721 bits per heavy atom. The molecule has 15 rings (SSSR count). The van der Waals surface area contributed by atoms with Gasteiger partial charge in [0.2, 0.25) is 17.8 Å². The van der Waals surface area contributed by atoms with Gasteiger partial charge in [-0.2, -0.15) is 0 Å². The van der Waals surface area contributed by atoms with Gasteiger partial charge in [0.1, 0.15) is 0 Å². The Morgan fingerprint density at radius 3 is 1.31 bits per heavy atom. The van der Waals surface area contributed by atoms with Crippen molar-refractivity contribution < 1.29 is 0 Å². The van der Waals surface area contributed by atoms with Crippen LogP contribution in [0.4, 0.5) is 23.5 Å². The van der Waals surface area contributed by atoms with Crippen molar-refractivity contribution in [1.82, 2.24) is 28.7 Å². The Balaban J connectivity index is 0.931. The second kappa shape index (κ2) is 11.3. The van der Waals surface area contributed by atoms with Crippen molar-refractivity contribution in [2.24, 2.45) is 0 Å². The lowest BCUT2D eigenvalue weighted by atomic mass is 9.45. The number of benzene rings is 8. The maximum Gasteiger partial charge on any atom is 0.339 e. The van der Waals surface area contributed by atoms with Gasteiger partial charge in [-0.05, 0) is 99.2 Å². The summed E-state index contributed by atoms with van der Waals surface area (Å²) in [5, 5.41) is 0. The molecular weight excluding hydrogens is 746 g/mol. The van der Waals surface area contributed by atoms with E-state index in [4.69, 9.17) is 15.0 Å². The van der Waals surface area contributed by atoms with Crippen LogP contribution < -0.4 is 31.5 Å². The van der Waals surface area contributed by atoms with Crippen molar-refractivity contribution in [2.45, 2.75) is 0 Å². The van der Waals surface area contributed by atoms with E-state index in [9.17, 15) is 0 Å². The summed E-state index contributed by atoms with van der Waals surface area (Å²) < 4.78 is 7.00. The van der Waals surface area contributed by atoms with Crippen LogP contribution in [0.5, 0.6) is 0 Å². The first-order chi connectivity index (χ1) is 30.3. The highest BCUT2D eigenvalue weighted by Gasteiger charge is 2.46. The normalized spacial score (nSPS) is 13.8. The number of para-hydroxylation sites is 6. The highest BCUT2D eigenvalue weighted by Crippen LogP contribution is 2.45. The Kier molecular flexibility index (Phi) is 5.92. The van der Waals surface area contributed by atoms with Crippen LogP contribution in [-0.4, -0.2) is 42.3 Å². The molecule has 3 aromatic heterocycles. The highest BCUT2D eigenvalue weighted by molar-refractivity contribution is 6.92. The van der Waals surface area contributed by atoms with Crippen LogP contribution in [0.1, 0.15) is 0 Å². The van der Waals surface area contributed by atoms with Crippen molar-refractivity contribution in [3.63, 3.8) is 0 Å². The largest absolute Gasteiger partial charge is 0.346 e. The lowest BCUT2D eigenvalue weighted by molar-refractivity contribution is 0.975. The fraction of sp³-hybridized carbons (Fsp3) is 0. The predicted molar refractivity (Wildman–Crippen MR) is 248 cm³/mol. The van der Waals surface area contributed by atoms with Gasteiger partial charge in [-0.3, -0.25) is 13.7 Å². The number of hydrogen-bond acceptors (Lipinski definition) is 5. The molecule has 61 heavy (non-hydrogen) atoms. The Hall–Kier alpha value is -8.10. The van der Waals surface area contributed by atoms with E-state index in [-0.39, 0.29) is 13.7 Å². The number of anilines is 4. The Labute approximate surface area is 350 Å². The van der Waals surface area contributed by atoms with Crippen LogP contribution in [0.3, 0.4) is 0 Å². The van der Waals surface area contributed by atoms with Gasteiger partial charge in [-0.25, -0.2) is 15.0 Å². The van der Waals surface area contributed by atoms with Crippen LogP contribution in [-0.2, 0) is 0 Å². The van der Waals surface area contributed by atoms with Gasteiger partial charge >= 0.3 is 13.7 Å². The highest BCUT2D eigenvalue weighted by atomic mass is 15.4. The molecule has 0 atom stereocenters. The molecular formula is C51H30B2N8.